The van der Waals surface area contributed by atoms with Gasteiger partial charge in [-0.25, -0.2) is 0 Å². The third-order valence-electron chi connectivity index (χ3n) is 7.84. The molecule has 1 aromatic heterocycles. The molecule has 3 fully saturated rings. The Bertz CT molecular complexity index is 1200. The first-order valence-corrected chi connectivity index (χ1v) is 14.3. The number of hydrogen-bond acceptors (Lipinski definition) is 8. The van der Waals surface area contributed by atoms with E-state index in [-0.39, 0.29) is 30.3 Å². The van der Waals surface area contributed by atoms with E-state index in [1.807, 2.05) is 12.1 Å². The van der Waals surface area contributed by atoms with Gasteiger partial charge in [0.15, 0.2) is 11.5 Å². The molecule has 1 saturated heterocycles. The number of carbonyl (C=O) groups is 2. The standard InChI is InChI=1S/C29H34ClN5O4/c30-26-17-25(7-4-19(26)18-31)38-22-8-5-20(6-9-22)32-29(37)27-10-11-28(34-33-27)35-14-12-23(13-15-35)39-24-3-1-2-21(36)16-24/h4,7,10-11,17,20,22-24H,1-3,5-6,8-9,12-16H2,(H,32,37). The van der Waals surface area contributed by atoms with Gasteiger partial charge in [-0.05, 0) is 75.6 Å². The second kappa shape index (κ2) is 12.8. The molecule has 0 radical (unpaired) electrons. The van der Waals surface area contributed by atoms with Gasteiger partial charge in [-0.1, -0.05) is 11.6 Å². The van der Waals surface area contributed by atoms with Crippen LogP contribution < -0.4 is 15.0 Å². The highest BCUT2D eigenvalue weighted by Crippen LogP contribution is 2.28. The molecule has 0 bridgehead atoms. The fourth-order valence-corrected chi connectivity index (χ4v) is 5.86. The van der Waals surface area contributed by atoms with E-state index in [9.17, 15) is 9.59 Å². The Kier molecular flexibility index (Phi) is 8.95. The predicted octanol–water partition coefficient (Wildman–Crippen LogP) is 4.62. The molecule has 1 amide bonds. The number of anilines is 1. The average Bonchev–Trinajstić information content (AvgIpc) is 2.95. The number of rotatable bonds is 7. The van der Waals surface area contributed by atoms with E-state index < -0.39 is 0 Å². The molecule has 3 aliphatic rings. The summed E-state index contributed by atoms with van der Waals surface area (Å²) in [5.74, 6) is 1.51. The lowest BCUT2D eigenvalue weighted by Gasteiger charge is -2.35. The molecule has 39 heavy (non-hydrogen) atoms. The normalized spacial score (nSPS) is 24.2. The van der Waals surface area contributed by atoms with Crippen LogP contribution >= 0.6 is 11.6 Å². The van der Waals surface area contributed by atoms with Crippen molar-refractivity contribution < 1.29 is 19.1 Å². The van der Waals surface area contributed by atoms with Crippen molar-refractivity contribution in [1.82, 2.24) is 15.5 Å². The third kappa shape index (κ3) is 7.25. The molecule has 9 nitrogen and oxygen atoms in total. The minimum absolute atomic E-state index is 0.0425. The van der Waals surface area contributed by atoms with Crippen LogP contribution in [0.1, 0.15) is 80.3 Å². The lowest BCUT2D eigenvalue weighted by atomic mass is 9.93. The molecule has 206 valence electrons. The van der Waals surface area contributed by atoms with Crippen molar-refractivity contribution in [3.63, 3.8) is 0 Å². The van der Waals surface area contributed by atoms with Crippen molar-refractivity contribution in [2.24, 2.45) is 0 Å². The minimum atomic E-state index is -0.216. The largest absolute Gasteiger partial charge is 0.490 e. The molecule has 1 aromatic carbocycles. The highest BCUT2D eigenvalue weighted by Gasteiger charge is 2.28. The van der Waals surface area contributed by atoms with Crippen LogP contribution in [0.4, 0.5) is 5.82 Å². The van der Waals surface area contributed by atoms with Crippen molar-refractivity contribution in [2.75, 3.05) is 18.0 Å². The molecular formula is C29H34ClN5O4. The van der Waals surface area contributed by atoms with Crippen molar-refractivity contribution in [3.05, 3.63) is 46.6 Å². The van der Waals surface area contributed by atoms with Gasteiger partial charge < -0.3 is 19.7 Å². The summed E-state index contributed by atoms with van der Waals surface area (Å²) in [6.07, 6.45) is 8.45. The Labute approximate surface area is 233 Å². The number of halogens is 1. The Balaban J connectivity index is 1.04. The Hall–Kier alpha value is -3.22. The summed E-state index contributed by atoms with van der Waals surface area (Å²) in [7, 11) is 0. The van der Waals surface area contributed by atoms with Crippen LogP contribution in [0.2, 0.25) is 5.02 Å². The van der Waals surface area contributed by atoms with Crippen molar-refractivity contribution in [1.29, 1.82) is 5.26 Å². The van der Waals surface area contributed by atoms with Crippen molar-refractivity contribution in [3.8, 4) is 11.8 Å². The van der Waals surface area contributed by atoms with Crippen LogP contribution in [0.5, 0.6) is 5.75 Å². The molecule has 0 spiro atoms. The van der Waals surface area contributed by atoms with Gasteiger partial charge in [0.1, 0.15) is 17.6 Å². The summed E-state index contributed by atoms with van der Waals surface area (Å²) in [4.78, 5) is 26.6. The smallest absolute Gasteiger partial charge is 0.272 e. The SMILES string of the molecule is N#Cc1ccc(OC2CCC(NC(=O)c3ccc(N4CCC(OC5CCCC(=O)C5)CC4)nn3)CC2)cc1Cl. The van der Waals surface area contributed by atoms with Gasteiger partial charge in [-0.3, -0.25) is 9.59 Å². The number of carbonyl (C=O) groups excluding carboxylic acids is 2. The summed E-state index contributed by atoms with van der Waals surface area (Å²) >= 11 is 6.10. The number of ether oxygens (including phenoxy) is 2. The first kappa shape index (κ1) is 27.4. The molecule has 1 atom stereocenters. The third-order valence-corrected chi connectivity index (χ3v) is 8.16. The fourth-order valence-electron chi connectivity index (χ4n) is 5.65. The minimum Gasteiger partial charge on any atom is -0.490 e. The monoisotopic (exact) mass is 551 g/mol. The lowest BCUT2D eigenvalue weighted by Crippen LogP contribution is -2.40. The molecular weight excluding hydrogens is 518 g/mol. The second-order valence-corrected chi connectivity index (χ2v) is 11.1. The zero-order valence-electron chi connectivity index (χ0n) is 22.0. The van der Waals surface area contributed by atoms with Gasteiger partial charge in [-0.15, -0.1) is 10.2 Å². The lowest BCUT2D eigenvalue weighted by molar-refractivity contribution is -0.126. The van der Waals surface area contributed by atoms with Crippen LogP contribution in [0.3, 0.4) is 0 Å². The van der Waals surface area contributed by atoms with Gasteiger partial charge in [-0.2, -0.15) is 5.26 Å². The van der Waals surface area contributed by atoms with E-state index in [1.54, 1.807) is 24.3 Å². The zero-order valence-corrected chi connectivity index (χ0v) is 22.7. The molecule has 2 aliphatic carbocycles. The number of piperidine rings is 1. The van der Waals surface area contributed by atoms with E-state index in [2.05, 4.69) is 20.4 Å². The second-order valence-electron chi connectivity index (χ2n) is 10.7. The van der Waals surface area contributed by atoms with Gasteiger partial charge in [0.25, 0.3) is 5.91 Å². The summed E-state index contributed by atoms with van der Waals surface area (Å²) in [6, 6.07) is 10.8. The molecule has 2 aromatic rings. The van der Waals surface area contributed by atoms with E-state index in [4.69, 9.17) is 26.3 Å². The van der Waals surface area contributed by atoms with Gasteiger partial charge >= 0.3 is 0 Å². The number of nitriles is 1. The number of Topliss-reactive ketones (excluding diaryl/α,β-unsaturated/α-hetero) is 1. The Morgan fingerprint density at radius 2 is 1.79 bits per heavy atom. The highest BCUT2D eigenvalue weighted by molar-refractivity contribution is 6.31. The van der Waals surface area contributed by atoms with Crippen molar-refractivity contribution in [2.45, 2.75) is 88.6 Å². The Morgan fingerprint density at radius 1 is 1.00 bits per heavy atom. The van der Waals surface area contributed by atoms with Crippen LogP contribution in [-0.2, 0) is 9.53 Å². The van der Waals surface area contributed by atoms with Gasteiger partial charge in [0.2, 0.25) is 0 Å². The Morgan fingerprint density at radius 3 is 2.46 bits per heavy atom. The maximum atomic E-state index is 12.8. The first-order valence-electron chi connectivity index (χ1n) is 13.9. The van der Waals surface area contributed by atoms with E-state index in [0.717, 1.165) is 70.3 Å². The quantitative estimate of drug-likeness (QED) is 0.529. The van der Waals surface area contributed by atoms with Crippen LogP contribution in [-0.4, -0.2) is 59.3 Å². The summed E-state index contributed by atoms with van der Waals surface area (Å²) in [5, 5.41) is 21.0. The van der Waals surface area contributed by atoms with Crippen LogP contribution in [0.25, 0.3) is 0 Å². The van der Waals surface area contributed by atoms with Crippen LogP contribution in [0, 0.1) is 11.3 Å². The van der Waals surface area contributed by atoms with E-state index >= 15 is 0 Å². The van der Waals surface area contributed by atoms with Gasteiger partial charge in [0.05, 0.1) is 28.9 Å². The van der Waals surface area contributed by atoms with E-state index in [0.29, 0.717) is 40.7 Å². The molecule has 1 unspecified atom stereocenters. The predicted molar refractivity (Wildman–Crippen MR) is 146 cm³/mol. The number of ketones is 1. The summed E-state index contributed by atoms with van der Waals surface area (Å²) in [5.41, 5.74) is 0.736. The maximum absolute atomic E-state index is 12.8. The van der Waals surface area contributed by atoms with Gasteiger partial charge in [0, 0.05) is 38.0 Å². The topological polar surface area (TPSA) is 117 Å². The molecule has 2 heterocycles. The number of amides is 1. The molecule has 1 N–H and O–H groups in total. The number of benzene rings is 1. The summed E-state index contributed by atoms with van der Waals surface area (Å²) < 4.78 is 12.2. The molecule has 1 aliphatic heterocycles. The highest BCUT2D eigenvalue weighted by atomic mass is 35.5. The summed E-state index contributed by atoms with van der Waals surface area (Å²) in [6.45, 7) is 1.62. The molecule has 5 rings (SSSR count). The average molecular weight is 552 g/mol. The molecule has 10 heteroatoms. The number of aromatic nitrogens is 2. The van der Waals surface area contributed by atoms with Crippen LogP contribution in [0.15, 0.2) is 30.3 Å². The number of hydrogen-bond donors (Lipinski definition) is 1. The number of nitrogens with zero attached hydrogens (tertiary/aromatic N) is 4. The fraction of sp³-hybridized carbons (Fsp3) is 0.552. The zero-order chi connectivity index (χ0) is 27.2. The number of nitrogens with one attached hydrogen (secondary N) is 1. The maximum Gasteiger partial charge on any atom is 0.272 e. The van der Waals surface area contributed by atoms with E-state index in [1.165, 1.54) is 0 Å². The first-order chi connectivity index (χ1) is 19.0. The molecule has 2 saturated carbocycles. The van der Waals surface area contributed by atoms with Crippen molar-refractivity contribution >= 4 is 29.1 Å².